The molecule has 8 nitrogen and oxygen atoms in total. The van der Waals surface area contributed by atoms with Gasteiger partial charge in [0.25, 0.3) is 11.8 Å². The zero-order valence-electron chi connectivity index (χ0n) is 16.4. The van der Waals surface area contributed by atoms with Crippen molar-refractivity contribution in [2.24, 2.45) is 7.05 Å². The highest BCUT2D eigenvalue weighted by atomic mass is 16.3. The Balaban J connectivity index is 1.47. The number of carbonyl (C=O) groups is 2. The first-order chi connectivity index (χ1) is 13.9. The Morgan fingerprint density at radius 1 is 1.24 bits per heavy atom. The van der Waals surface area contributed by atoms with Crippen molar-refractivity contribution >= 4 is 22.7 Å². The van der Waals surface area contributed by atoms with Crippen molar-refractivity contribution in [1.29, 1.82) is 0 Å². The third-order valence-electron chi connectivity index (χ3n) is 5.53. The summed E-state index contributed by atoms with van der Waals surface area (Å²) >= 11 is 0. The Labute approximate surface area is 168 Å². The number of nitrogens with one attached hydrogen (secondary N) is 1. The average Bonchev–Trinajstić information content (AvgIpc) is 3.33. The lowest BCUT2D eigenvalue weighted by Crippen LogP contribution is -2.53. The molecule has 29 heavy (non-hydrogen) atoms. The highest BCUT2D eigenvalue weighted by Crippen LogP contribution is 2.26. The van der Waals surface area contributed by atoms with E-state index in [-0.39, 0.29) is 18.4 Å². The number of aryl methyl sites for hydroxylation is 1. The van der Waals surface area contributed by atoms with E-state index >= 15 is 0 Å². The van der Waals surface area contributed by atoms with Gasteiger partial charge in [-0.25, -0.2) is 4.98 Å². The largest absolute Gasteiger partial charge is 0.386 e. The molecule has 2 aromatic heterocycles. The van der Waals surface area contributed by atoms with E-state index < -0.39 is 11.6 Å². The van der Waals surface area contributed by atoms with Gasteiger partial charge in [0.05, 0.1) is 24.4 Å². The number of pyridine rings is 1. The monoisotopic (exact) mass is 393 g/mol. The van der Waals surface area contributed by atoms with Crippen LogP contribution in [0.1, 0.15) is 34.2 Å². The van der Waals surface area contributed by atoms with Gasteiger partial charge in [-0.15, -0.1) is 0 Å². The van der Waals surface area contributed by atoms with Crippen LogP contribution < -0.4 is 5.32 Å². The molecule has 4 rings (SSSR count). The van der Waals surface area contributed by atoms with E-state index in [1.54, 1.807) is 60.4 Å². The molecule has 3 aromatic rings. The number of benzene rings is 1. The quantitative estimate of drug-likeness (QED) is 0.697. The number of aliphatic hydroxyl groups is 1. The van der Waals surface area contributed by atoms with Gasteiger partial charge in [-0.05, 0) is 31.5 Å². The van der Waals surface area contributed by atoms with Crippen LogP contribution in [0.3, 0.4) is 0 Å². The molecule has 0 bridgehead atoms. The number of fused-ring (bicyclic) bond motifs is 1. The molecule has 2 amide bonds. The van der Waals surface area contributed by atoms with Crippen LogP contribution in [0.25, 0.3) is 10.9 Å². The number of imidazole rings is 1. The van der Waals surface area contributed by atoms with Gasteiger partial charge in [0.2, 0.25) is 0 Å². The van der Waals surface area contributed by atoms with Crippen molar-refractivity contribution in [2.45, 2.75) is 25.0 Å². The van der Waals surface area contributed by atoms with Crippen LogP contribution in [0.4, 0.5) is 0 Å². The molecule has 1 fully saturated rings. The number of rotatable bonds is 4. The summed E-state index contributed by atoms with van der Waals surface area (Å²) < 4.78 is 1.71. The fourth-order valence-electron chi connectivity index (χ4n) is 3.74. The zero-order valence-corrected chi connectivity index (χ0v) is 16.4. The van der Waals surface area contributed by atoms with Crippen molar-refractivity contribution in [3.8, 4) is 0 Å². The van der Waals surface area contributed by atoms with Crippen LogP contribution in [0, 0.1) is 0 Å². The number of β-amino-alcohol motifs (C(OH)–C–C–N with tert-alkyl or cyclic N) is 1. The lowest BCUT2D eigenvalue weighted by molar-refractivity contribution is 0.0160. The van der Waals surface area contributed by atoms with Gasteiger partial charge < -0.3 is 19.9 Å². The molecule has 0 spiro atoms. The molecule has 1 aliphatic heterocycles. The minimum Gasteiger partial charge on any atom is -0.386 e. The van der Waals surface area contributed by atoms with Crippen molar-refractivity contribution in [3.63, 3.8) is 0 Å². The highest BCUT2D eigenvalue weighted by molar-refractivity contribution is 6.06. The van der Waals surface area contributed by atoms with E-state index in [9.17, 15) is 14.7 Å². The van der Waals surface area contributed by atoms with Crippen LogP contribution in [-0.4, -0.2) is 61.1 Å². The minimum absolute atomic E-state index is 0.140. The summed E-state index contributed by atoms with van der Waals surface area (Å²) in [6, 6.07) is 8.46. The van der Waals surface area contributed by atoms with Gasteiger partial charge in [0, 0.05) is 36.9 Å². The smallest absolute Gasteiger partial charge is 0.274 e. The lowest BCUT2D eigenvalue weighted by atomic mass is 9.94. The maximum absolute atomic E-state index is 12.9. The Kier molecular flexibility index (Phi) is 4.79. The summed E-state index contributed by atoms with van der Waals surface area (Å²) in [4.78, 5) is 35.4. The number of hydrogen-bond donors (Lipinski definition) is 2. The lowest BCUT2D eigenvalue weighted by Gasteiger charge is -2.30. The van der Waals surface area contributed by atoms with E-state index in [1.807, 2.05) is 12.1 Å². The Bertz CT molecular complexity index is 1070. The molecule has 3 heterocycles. The molecule has 1 saturated heterocycles. The molecule has 0 aliphatic carbocycles. The van der Waals surface area contributed by atoms with Crippen LogP contribution in [-0.2, 0) is 7.05 Å². The second kappa shape index (κ2) is 7.29. The van der Waals surface area contributed by atoms with Gasteiger partial charge in [0.1, 0.15) is 11.3 Å². The van der Waals surface area contributed by atoms with Crippen molar-refractivity contribution in [3.05, 3.63) is 60.3 Å². The summed E-state index contributed by atoms with van der Waals surface area (Å²) in [6.07, 6.45) is 5.28. The predicted octanol–water partition coefficient (Wildman–Crippen LogP) is 1.36. The minimum atomic E-state index is -1.21. The van der Waals surface area contributed by atoms with Crippen LogP contribution in [0.5, 0.6) is 0 Å². The number of aromatic nitrogens is 3. The topological polar surface area (TPSA) is 100 Å². The molecule has 1 aromatic carbocycles. The van der Waals surface area contributed by atoms with E-state index in [0.29, 0.717) is 24.2 Å². The molecule has 1 aliphatic rings. The molecular formula is C21H23N5O3. The van der Waals surface area contributed by atoms with Gasteiger partial charge in [0.15, 0.2) is 0 Å². The number of nitrogens with zero attached hydrogens (tertiary/aromatic N) is 4. The number of hydrogen-bond acceptors (Lipinski definition) is 5. The summed E-state index contributed by atoms with van der Waals surface area (Å²) in [5.41, 5.74) is 0.379. The van der Waals surface area contributed by atoms with Gasteiger partial charge in [-0.3, -0.25) is 14.6 Å². The van der Waals surface area contributed by atoms with Crippen LogP contribution in [0.15, 0.2) is 49.1 Å². The molecule has 2 atom stereocenters. The maximum atomic E-state index is 12.9. The molecule has 0 radical (unpaired) electrons. The van der Waals surface area contributed by atoms with Gasteiger partial charge >= 0.3 is 0 Å². The molecule has 150 valence electrons. The third kappa shape index (κ3) is 3.58. The molecule has 2 unspecified atom stereocenters. The van der Waals surface area contributed by atoms with E-state index in [2.05, 4.69) is 15.3 Å². The first-order valence-electron chi connectivity index (χ1n) is 9.51. The van der Waals surface area contributed by atoms with Crippen LogP contribution in [0.2, 0.25) is 0 Å². The Morgan fingerprint density at radius 3 is 2.83 bits per heavy atom. The standard InChI is InChI=1S/C21H23N5O3/c1-14(24-19(27)16-5-3-7-17-15(16)6-4-9-22-17)21(29)8-10-26(12-21)20(28)18-11-25(2)13-23-18/h3-7,9,11,13-14,29H,8,10,12H2,1-2H3,(H,24,27). The van der Waals surface area contributed by atoms with Crippen molar-refractivity contribution in [2.75, 3.05) is 13.1 Å². The van der Waals surface area contributed by atoms with Gasteiger partial charge in [-0.1, -0.05) is 12.1 Å². The SMILES string of the molecule is CC(NC(=O)c1cccc2ncccc12)C1(O)CCN(C(=O)c2cn(C)cn2)C1. The van der Waals surface area contributed by atoms with E-state index in [4.69, 9.17) is 0 Å². The Hall–Kier alpha value is -3.26. The first-order valence-corrected chi connectivity index (χ1v) is 9.51. The number of amides is 2. The maximum Gasteiger partial charge on any atom is 0.274 e. The van der Waals surface area contributed by atoms with E-state index in [1.165, 1.54) is 0 Å². The molecule has 8 heteroatoms. The summed E-state index contributed by atoms with van der Waals surface area (Å²) in [6.45, 7) is 2.31. The van der Waals surface area contributed by atoms with Crippen molar-refractivity contribution in [1.82, 2.24) is 24.8 Å². The molecule has 2 N–H and O–H groups in total. The zero-order chi connectivity index (χ0) is 20.6. The summed E-state index contributed by atoms with van der Waals surface area (Å²) in [5.74, 6) is -0.501. The Morgan fingerprint density at radius 2 is 2.07 bits per heavy atom. The second-order valence-corrected chi connectivity index (χ2v) is 7.58. The summed E-state index contributed by atoms with van der Waals surface area (Å²) in [7, 11) is 1.80. The molecule has 0 saturated carbocycles. The van der Waals surface area contributed by atoms with Crippen molar-refractivity contribution < 1.29 is 14.7 Å². The second-order valence-electron chi connectivity index (χ2n) is 7.58. The molecular weight excluding hydrogens is 370 g/mol. The fraction of sp³-hybridized carbons (Fsp3) is 0.333. The van der Waals surface area contributed by atoms with Crippen LogP contribution >= 0.6 is 0 Å². The number of likely N-dealkylation sites (tertiary alicyclic amines) is 1. The third-order valence-corrected chi connectivity index (χ3v) is 5.53. The average molecular weight is 393 g/mol. The number of carbonyl (C=O) groups excluding carboxylic acids is 2. The predicted molar refractivity (Wildman–Crippen MR) is 107 cm³/mol. The normalized spacial score (nSPS) is 20.0. The fourth-order valence-corrected chi connectivity index (χ4v) is 3.74. The highest BCUT2D eigenvalue weighted by Gasteiger charge is 2.43. The first kappa shape index (κ1) is 19.1. The van der Waals surface area contributed by atoms with Gasteiger partial charge in [-0.2, -0.15) is 0 Å². The summed E-state index contributed by atoms with van der Waals surface area (Å²) in [5, 5.41) is 14.7. The van der Waals surface area contributed by atoms with E-state index in [0.717, 1.165) is 10.9 Å².